The van der Waals surface area contributed by atoms with Crippen molar-refractivity contribution in [2.75, 3.05) is 11.9 Å². The first-order chi connectivity index (χ1) is 9.97. The molecule has 0 radical (unpaired) electrons. The molecule has 6 heteroatoms. The number of benzene rings is 1. The van der Waals surface area contributed by atoms with E-state index in [1.165, 1.54) is 13.0 Å². The standard InChI is InChI=1S/C15H18F2N2O2/c1-10(20)8-12-4-2-3-7-19(12)15(21)18-14-6-5-11(16)9-13(14)17/h5-6,9,12H,2-4,7-8H2,1H3,(H,18,21). The summed E-state index contributed by atoms with van der Waals surface area (Å²) in [6.45, 7) is 2.02. The molecule has 1 N–H and O–H groups in total. The molecule has 0 spiro atoms. The second-order valence-corrected chi connectivity index (χ2v) is 5.30. The van der Waals surface area contributed by atoms with E-state index in [1.807, 2.05) is 0 Å². The molecule has 1 aromatic rings. The summed E-state index contributed by atoms with van der Waals surface area (Å²) < 4.78 is 26.4. The number of piperidine rings is 1. The number of urea groups is 1. The van der Waals surface area contributed by atoms with Crippen LogP contribution in [-0.4, -0.2) is 29.3 Å². The Bertz CT molecular complexity index is 548. The number of hydrogen-bond donors (Lipinski definition) is 1. The maximum absolute atomic E-state index is 13.6. The zero-order chi connectivity index (χ0) is 15.4. The highest BCUT2D eigenvalue weighted by molar-refractivity contribution is 5.90. The van der Waals surface area contributed by atoms with Crippen LogP contribution in [-0.2, 0) is 4.79 Å². The van der Waals surface area contributed by atoms with Crippen molar-refractivity contribution < 1.29 is 18.4 Å². The molecule has 1 saturated heterocycles. The maximum atomic E-state index is 13.6. The Kier molecular flexibility index (Phi) is 4.88. The average molecular weight is 296 g/mol. The minimum Gasteiger partial charge on any atom is -0.321 e. The van der Waals surface area contributed by atoms with Gasteiger partial charge in [-0.1, -0.05) is 0 Å². The quantitative estimate of drug-likeness (QED) is 0.930. The fourth-order valence-corrected chi connectivity index (χ4v) is 2.59. The molecule has 1 unspecified atom stereocenters. The third-order valence-electron chi connectivity index (χ3n) is 3.58. The molecule has 1 atom stereocenters. The van der Waals surface area contributed by atoms with E-state index < -0.39 is 17.7 Å². The average Bonchev–Trinajstić information content (AvgIpc) is 2.42. The molecule has 1 heterocycles. The molecule has 1 aromatic carbocycles. The van der Waals surface area contributed by atoms with Gasteiger partial charge in [0.05, 0.1) is 5.69 Å². The van der Waals surface area contributed by atoms with E-state index in [4.69, 9.17) is 0 Å². The van der Waals surface area contributed by atoms with Gasteiger partial charge in [-0.3, -0.25) is 4.79 Å². The third kappa shape index (κ3) is 4.00. The predicted molar refractivity (Wildman–Crippen MR) is 75.0 cm³/mol. The molecule has 21 heavy (non-hydrogen) atoms. The van der Waals surface area contributed by atoms with Crippen molar-refractivity contribution in [3.63, 3.8) is 0 Å². The number of anilines is 1. The lowest BCUT2D eigenvalue weighted by atomic mass is 9.98. The SMILES string of the molecule is CC(=O)CC1CCCCN1C(=O)Nc1ccc(F)cc1F. The van der Waals surface area contributed by atoms with Crippen LogP contribution in [0.3, 0.4) is 0 Å². The van der Waals surface area contributed by atoms with E-state index in [9.17, 15) is 18.4 Å². The van der Waals surface area contributed by atoms with E-state index in [-0.39, 0.29) is 17.5 Å². The van der Waals surface area contributed by atoms with E-state index in [0.717, 1.165) is 31.4 Å². The molecule has 0 bridgehead atoms. The van der Waals surface area contributed by atoms with Crippen LogP contribution < -0.4 is 5.32 Å². The Morgan fingerprint density at radius 2 is 2.10 bits per heavy atom. The minimum atomic E-state index is -0.816. The molecule has 0 aliphatic carbocycles. The van der Waals surface area contributed by atoms with Gasteiger partial charge in [-0.25, -0.2) is 13.6 Å². The number of nitrogens with one attached hydrogen (secondary N) is 1. The number of hydrogen-bond acceptors (Lipinski definition) is 2. The van der Waals surface area contributed by atoms with Gasteiger partial charge in [0.2, 0.25) is 0 Å². The number of likely N-dealkylation sites (tertiary alicyclic amines) is 1. The van der Waals surface area contributed by atoms with Crippen LogP contribution >= 0.6 is 0 Å². The first-order valence-corrected chi connectivity index (χ1v) is 6.99. The number of halogens is 2. The number of rotatable bonds is 3. The van der Waals surface area contributed by atoms with Crippen LogP contribution in [0, 0.1) is 11.6 Å². The first kappa shape index (κ1) is 15.4. The summed E-state index contributed by atoms with van der Waals surface area (Å²) in [5.74, 6) is -1.49. The molecule has 0 aromatic heterocycles. The van der Waals surface area contributed by atoms with Gasteiger partial charge >= 0.3 is 6.03 Å². The van der Waals surface area contributed by atoms with E-state index in [2.05, 4.69) is 5.32 Å². The summed E-state index contributed by atoms with van der Waals surface area (Å²) in [5, 5.41) is 2.44. The van der Waals surface area contributed by atoms with Gasteiger partial charge in [0.25, 0.3) is 0 Å². The van der Waals surface area contributed by atoms with Crippen LogP contribution in [0.2, 0.25) is 0 Å². The Labute approximate surface area is 122 Å². The van der Waals surface area contributed by atoms with Crippen molar-refractivity contribution in [3.8, 4) is 0 Å². The molecule has 2 rings (SSSR count). The van der Waals surface area contributed by atoms with Crippen molar-refractivity contribution in [2.24, 2.45) is 0 Å². The van der Waals surface area contributed by atoms with E-state index >= 15 is 0 Å². The van der Waals surface area contributed by atoms with Gasteiger partial charge < -0.3 is 10.2 Å². The lowest BCUT2D eigenvalue weighted by molar-refractivity contribution is -0.118. The number of ketones is 1. The van der Waals surface area contributed by atoms with Crippen molar-refractivity contribution in [1.29, 1.82) is 0 Å². The number of amides is 2. The van der Waals surface area contributed by atoms with Crippen LogP contribution in [0.1, 0.15) is 32.6 Å². The van der Waals surface area contributed by atoms with Crippen LogP contribution in [0.5, 0.6) is 0 Å². The Morgan fingerprint density at radius 1 is 1.33 bits per heavy atom. The molecular weight excluding hydrogens is 278 g/mol. The smallest absolute Gasteiger partial charge is 0.321 e. The van der Waals surface area contributed by atoms with Gasteiger partial charge in [0.1, 0.15) is 17.4 Å². The molecule has 1 aliphatic heterocycles. The summed E-state index contributed by atoms with van der Waals surface area (Å²) >= 11 is 0. The van der Waals surface area contributed by atoms with Crippen molar-refractivity contribution in [1.82, 2.24) is 4.90 Å². The lowest BCUT2D eigenvalue weighted by Gasteiger charge is -2.35. The van der Waals surface area contributed by atoms with Crippen LogP contribution in [0.15, 0.2) is 18.2 Å². The molecule has 4 nitrogen and oxygen atoms in total. The molecule has 114 valence electrons. The largest absolute Gasteiger partial charge is 0.322 e. The zero-order valence-electron chi connectivity index (χ0n) is 11.9. The first-order valence-electron chi connectivity index (χ1n) is 6.99. The van der Waals surface area contributed by atoms with Crippen molar-refractivity contribution >= 4 is 17.5 Å². The van der Waals surface area contributed by atoms with Crippen molar-refractivity contribution in [3.05, 3.63) is 29.8 Å². The molecule has 1 aliphatic rings. The highest BCUT2D eigenvalue weighted by Crippen LogP contribution is 2.22. The number of carbonyl (C=O) groups excluding carboxylic acids is 2. The molecule has 0 saturated carbocycles. The van der Waals surface area contributed by atoms with E-state index in [1.54, 1.807) is 4.90 Å². The molecular formula is C15H18F2N2O2. The summed E-state index contributed by atoms with van der Waals surface area (Å²) in [4.78, 5) is 25.1. The van der Waals surface area contributed by atoms with Gasteiger partial charge in [-0.15, -0.1) is 0 Å². The normalized spacial score (nSPS) is 18.4. The Balaban J connectivity index is 2.08. The van der Waals surface area contributed by atoms with Gasteiger partial charge in [-0.2, -0.15) is 0 Å². The summed E-state index contributed by atoms with van der Waals surface area (Å²) in [5.41, 5.74) is -0.0615. The molecule has 1 fully saturated rings. The maximum Gasteiger partial charge on any atom is 0.322 e. The topological polar surface area (TPSA) is 49.4 Å². The summed E-state index contributed by atoms with van der Waals surface area (Å²) in [6, 6.07) is 2.39. The Morgan fingerprint density at radius 3 is 2.76 bits per heavy atom. The van der Waals surface area contributed by atoms with Gasteiger partial charge in [-0.05, 0) is 38.3 Å². The number of Topliss-reactive ketones (excluding diaryl/α,β-unsaturated/α-hetero) is 1. The van der Waals surface area contributed by atoms with Gasteiger partial charge in [0.15, 0.2) is 0 Å². The fourth-order valence-electron chi connectivity index (χ4n) is 2.59. The predicted octanol–water partition coefficient (Wildman–Crippen LogP) is 3.33. The van der Waals surface area contributed by atoms with Crippen LogP contribution in [0.4, 0.5) is 19.3 Å². The monoisotopic (exact) mass is 296 g/mol. The second-order valence-electron chi connectivity index (χ2n) is 5.30. The summed E-state index contributed by atoms with van der Waals surface area (Å²) in [6.07, 6.45) is 2.89. The number of carbonyl (C=O) groups is 2. The van der Waals surface area contributed by atoms with Crippen molar-refractivity contribution in [2.45, 2.75) is 38.6 Å². The lowest BCUT2D eigenvalue weighted by Crippen LogP contribution is -2.46. The number of nitrogens with zero attached hydrogens (tertiary/aromatic N) is 1. The minimum absolute atomic E-state index is 0.0210. The van der Waals surface area contributed by atoms with E-state index in [0.29, 0.717) is 13.0 Å². The fraction of sp³-hybridized carbons (Fsp3) is 0.467. The Hall–Kier alpha value is -1.98. The summed E-state index contributed by atoms with van der Waals surface area (Å²) in [7, 11) is 0. The molecule has 2 amide bonds. The second kappa shape index (κ2) is 6.65. The van der Waals surface area contributed by atoms with Crippen LogP contribution in [0.25, 0.3) is 0 Å². The highest BCUT2D eigenvalue weighted by Gasteiger charge is 2.28. The third-order valence-corrected chi connectivity index (χ3v) is 3.58. The highest BCUT2D eigenvalue weighted by atomic mass is 19.1. The van der Waals surface area contributed by atoms with Gasteiger partial charge in [0, 0.05) is 25.1 Å². The zero-order valence-corrected chi connectivity index (χ0v) is 11.9.